The van der Waals surface area contributed by atoms with Crippen LogP contribution in [0, 0.1) is 12.0 Å². The van der Waals surface area contributed by atoms with Crippen molar-refractivity contribution in [2.75, 3.05) is 80.1 Å². The second-order valence-corrected chi connectivity index (χ2v) is 17.7. The number of piperidine rings is 3. The van der Waals surface area contributed by atoms with Gasteiger partial charge in [0.15, 0.2) is 0 Å². The van der Waals surface area contributed by atoms with E-state index >= 15 is 0 Å². The van der Waals surface area contributed by atoms with E-state index in [0.29, 0.717) is 27.9 Å². The third kappa shape index (κ3) is 6.93. The average Bonchev–Trinajstić information content (AvgIpc) is 3.95. The maximum atomic E-state index is 13.7. The van der Waals surface area contributed by atoms with Crippen molar-refractivity contribution in [2.24, 2.45) is 5.41 Å². The van der Waals surface area contributed by atoms with Crippen LogP contribution >= 0.6 is 22.9 Å². The van der Waals surface area contributed by atoms with Crippen molar-refractivity contribution in [2.45, 2.75) is 57.0 Å². The largest absolute Gasteiger partial charge is 0.371 e. The van der Waals surface area contributed by atoms with Crippen molar-refractivity contribution in [3.63, 3.8) is 0 Å². The molecule has 0 aliphatic carbocycles. The molecule has 296 valence electrons. The summed E-state index contributed by atoms with van der Waals surface area (Å²) in [5, 5.41) is 3.90. The fourth-order valence-electron chi connectivity index (χ4n) is 9.84. The van der Waals surface area contributed by atoms with E-state index in [4.69, 9.17) is 18.2 Å². The van der Waals surface area contributed by atoms with Gasteiger partial charge < -0.3 is 19.6 Å². The number of halogens is 1. The number of nitrogens with one attached hydrogen (secondary N) is 1. The lowest BCUT2D eigenvalue weighted by Crippen LogP contribution is -2.54. The summed E-state index contributed by atoms with van der Waals surface area (Å²) in [6.07, 6.45) is 5.15. The van der Waals surface area contributed by atoms with Crippen molar-refractivity contribution >= 4 is 74.5 Å². The van der Waals surface area contributed by atoms with Gasteiger partial charge in [-0.2, -0.15) is 0 Å². The Bertz CT molecular complexity index is 2180. The SMILES string of the molecule is [C-]#[N+]c1ccc(N2CCC3(CCN(C(=O)c4ccc(N5CCN(C6CCN(c7cccc8c7C(=O)N(C7CCC(=O)NC7=O)C8=O)CC6)CC5)s4)CC3)C2)cc1Cl. The first kappa shape index (κ1) is 37.6. The number of carbonyl (C=O) groups is 5. The summed E-state index contributed by atoms with van der Waals surface area (Å²) >= 11 is 7.93. The number of amides is 5. The van der Waals surface area contributed by atoms with E-state index in [0.717, 1.165) is 124 Å². The van der Waals surface area contributed by atoms with E-state index in [1.807, 2.05) is 29.2 Å². The van der Waals surface area contributed by atoms with Gasteiger partial charge in [-0.25, -0.2) is 4.85 Å². The first-order valence-electron chi connectivity index (χ1n) is 20.0. The molecule has 1 aromatic heterocycles. The zero-order chi connectivity index (χ0) is 39.4. The molecule has 5 saturated heterocycles. The van der Waals surface area contributed by atoms with Crippen LogP contribution in [-0.2, 0) is 9.59 Å². The Morgan fingerprint density at radius 3 is 2.30 bits per heavy atom. The number of thiophene rings is 1. The first-order chi connectivity index (χ1) is 27.6. The minimum atomic E-state index is -0.981. The molecule has 9 rings (SSSR count). The minimum absolute atomic E-state index is 0.0910. The van der Waals surface area contributed by atoms with Gasteiger partial charge in [-0.3, -0.25) is 39.1 Å². The molecule has 6 aliphatic rings. The lowest BCUT2D eigenvalue weighted by atomic mass is 9.77. The van der Waals surface area contributed by atoms with Crippen LogP contribution in [-0.4, -0.2) is 122 Å². The number of hydrogen-bond acceptors (Lipinski definition) is 10. The van der Waals surface area contributed by atoms with Crippen LogP contribution in [0.1, 0.15) is 75.3 Å². The Hall–Kier alpha value is -4.97. The number of benzene rings is 2. The molecule has 6 aliphatic heterocycles. The molecular formula is C42H45ClN8O5S. The smallest absolute Gasteiger partial charge is 0.264 e. The van der Waals surface area contributed by atoms with Gasteiger partial charge in [-0.15, -0.1) is 11.3 Å². The monoisotopic (exact) mass is 808 g/mol. The van der Waals surface area contributed by atoms with Gasteiger partial charge in [0.25, 0.3) is 17.7 Å². The van der Waals surface area contributed by atoms with E-state index in [2.05, 4.69) is 35.8 Å². The van der Waals surface area contributed by atoms with Gasteiger partial charge in [-0.05, 0) is 80.3 Å². The predicted octanol–water partition coefficient (Wildman–Crippen LogP) is 5.28. The maximum absolute atomic E-state index is 13.7. The Balaban J connectivity index is 0.752. The fourth-order valence-corrected chi connectivity index (χ4v) is 11.1. The molecule has 57 heavy (non-hydrogen) atoms. The zero-order valence-corrected chi connectivity index (χ0v) is 33.3. The second kappa shape index (κ2) is 15.1. The normalized spacial score (nSPS) is 23.0. The number of rotatable bonds is 6. The van der Waals surface area contributed by atoms with Gasteiger partial charge in [0.1, 0.15) is 6.04 Å². The molecule has 1 spiro atoms. The molecule has 5 fully saturated rings. The van der Waals surface area contributed by atoms with E-state index in [-0.39, 0.29) is 30.1 Å². The highest BCUT2D eigenvalue weighted by molar-refractivity contribution is 7.18. The third-order valence-electron chi connectivity index (χ3n) is 13.2. The lowest BCUT2D eigenvalue weighted by Gasteiger charge is -2.43. The molecule has 5 amide bonds. The van der Waals surface area contributed by atoms with Crippen LogP contribution in [0.5, 0.6) is 0 Å². The van der Waals surface area contributed by atoms with Gasteiger partial charge in [0.05, 0.1) is 33.3 Å². The number of anilines is 3. The van der Waals surface area contributed by atoms with Crippen LogP contribution < -0.4 is 20.0 Å². The molecule has 2 aromatic carbocycles. The van der Waals surface area contributed by atoms with Gasteiger partial charge in [0, 0.05) is 88.6 Å². The average molecular weight is 809 g/mol. The molecule has 0 saturated carbocycles. The van der Waals surface area contributed by atoms with Crippen molar-refractivity contribution in [3.05, 3.63) is 81.0 Å². The lowest BCUT2D eigenvalue weighted by molar-refractivity contribution is -0.136. The predicted molar refractivity (Wildman–Crippen MR) is 219 cm³/mol. The van der Waals surface area contributed by atoms with Crippen LogP contribution in [0.3, 0.4) is 0 Å². The van der Waals surface area contributed by atoms with Crippen molar-refractivity contribution in [3.8, 4) is 0 Å². The van der Waals surface area contributed by atoms with Crippen LogP contribution in [0.4, 0.5) is 22.1 Å². The summed E-state index contributed by atoms with van der Waals surface area (Å²) < 4.78 is 0. The van der Waals surface area contributed by atoms with E-state index in [1.54, 1.807) is 29.5 Å². The number of piperazine rings is 1. The molecular weight excluding hydrogens is 764 g/mol. The number of nitrogens with zero attached hydrogens (tertiary/aromatic N) is 7. The maximum Gasteiger partial charge on any atom is 0.264 e. The zero-order valence-electron chi connectivity index (χ0n) is 31.8. The molecule has 1 N–H and O–H groups in total. The number of carbonyl (C=O) groups excluding carboxylic acids is 5. The molecule has 15 heteroatoms. The van der Waals surface area contributed by atoms with E-state index in [9.17, 15) is 24.0 Å². The highest BCUT2D eigenvalue weighted by Crippen LogP contribution is 2.44. The summed E-state index contributed by atoms with van der Waals surface area (Å²) in [6, 6.07) is 14.5. The molecule has 1 unspecified atom stereocenters. The standard InChI is InChI=1S/C42H45ClN8O5S/c1-44-31-6-5-28(25-30(31)43)50-20-15-42(26-50)13-18-49(19-14-42)40(55)34-8-10-36(57-34)48-23-21-46(22-24-48)27-11-16-47(17-12-27)32-4-2-3-29-37(32)41(56)51(39(29)54)33-7-9-35(52)45-38(33)53/h2-6,8,10,25,27,33H,7,9,11-24,26H2,(H,45,52,53). The summed E-state index contributed by atoms with van der Waals surface area (Å²) in [4.78, 5) is 81.8. The van der Waals surface area contributed by atoms with E-state index in [1.165, 1.54) is 0 Å². The highest BCUT2D eigenvalue weighted by Gasteiger charge is 2.47. The Kier molecular flexibility index (Phi) is 9.95. The van der Waals surface area contributed by atoms with Crippen molar-refractivity contribution in [1.29, 1.82) is 0 Å². The van der Waals surface area contributed by atoms with E-state index < -0.39 is 23.8 Å². The molecule has 3 aromatic rings. The number of likely N-dealkylation sites (tertiary alicyclic amines) is 1. The highest BCUT2D eigenvalue weighted by atomic mass is 35.5. The van der Waals surface area contributed by atoms with Gasteiger partial charge >= 0.3 is 0 Å². The van der Waals surface area contributed by atoms with Gasteiger partial charge in [0.2, 0.25) is 17.5 Å². The Labute approximate surface area is 340 Å². The topological polar surface area (TPSA) is 121 Å². The molecule has 13 nitrogen and oxygen atoms in total. The first-order valence-corrected chi connectivity index (χ1v) is 21.2. The van der Waals surface area contributed by atoms with Gasteiger partial charge in [-0.1, -0.05) is 23.7 Å². The molecule has 0 radical (unpaired) electrons. The Morgan fingerprint density at radius 2 is 1.58 bits per heavy atom. The molecule has 1 atom stereocenters. The number of fused-ring (bicyclic) bond motifs is 1. The van der Waals surface area contributed by atoms with Crippen molar-refractivity contribution in [1.82, 2.24) is 20.0 Å². The van der Waals surface area contributed by atoms with Crippen molar-refractivity contribution < 1.29 is 24.0 Å². The summed E-state index contributed by atoms with van der Waals surface area (Å²) in [5.74, 6) is -1.81. The summed E-state index contributed by atoms with van der Waals surface area (Å²) in [6.45, 7) is 15.8. The Morgan fingerprint density at radius 1 is 0.825 bits per heavy atom. The summed E-state index contributed by atoms with van der Waals surface area (Å²) in [7, 11) is 0. The fraction of sp³-hybridized carbons (Fsp3) is 0.476. The molecule has 7 heterocycles. The quantitative estimate of drug-likeness (QED) is 0.262. The van der Waals surface area contributed by atoms with Crippen LogP contribution in [0.15, 0.2) is 48.5 Å². The van der Waals surface area contributed by atoms with Crippen LogP contribution in [0.2, 0.25) is 5.02 Å². The number of hydrogen-bond donors (Lipinski definition) is 1. The summed E-state index contributed by atoms with van der Waals surface area (Å²) in [5.41, 5.74) is 3.13. The number of imide groups is 2. The second-order valence-electron chi connectivity index (χ2n) is 16.2. The third-order valence-corrected chi connectivity index (χ3v) is 14.6. The van der Waals surface area contributed by atoms with Crippen LogP contribution in [0.25, 0.3) is 4.85 Å². The minimum Gasteiger partial charge on any atom is -0.371 e. The molecule has 0 bridgehead atoms.